The molecule has 1 fully saturated rings. The molecular weight excluding hydrogens is 260 g/mol. The number of amides is 1. The summed E-state index contributed by atoms with van der Waals surface area (Å²) in [4.78, 5) is 22.7. The zero-order valence-electron chi connectivity index (χ0n) is 11.0. The maximum Gasteiger partial charge on any atom is 0.273 e. The summed E-state index contributed by atoms with van der Waals surface area (Å²) in [6.45, 7) is 3.52. The van der Waals surface area contributed by atoms with Gasteiger partial charge in [-0.05, 0) is 13.3 Å². The monoisotopic (exact) mass is 276 g/mol. The zero-order chi connectivity index (χ0) is 13.4. The molecule has 3 heterocycles. The Morgan fingerprint density at radius 2 is 2.37 bits per heavy atom. The van der Waals surface area contributed by atoms with E-state index in [2.05, 4.69) is 14.5 Å². The van der Waals surface area contributed by atoms with Gasteiger partial charge in [0.1, 0.15) is 11.5 Å². The minimum Gasteiger partial charge on any atom is -0.337 e. The Morgan fingerprint density at radius 1 is 1.53 bits per heavy atom. The number of rotatable bonds is 2. The Bertz CT molecular complexity index is 590. The van der Waals surface area contributed by atoms with Gasteiger partial charge in [0.25, 0.3) is 5.91 Å². The quantitative estimate of drug-likeness (QED) is 0.840. The Morgan fingerprint density at radius 3 is 3.00 bits per heavy atom. The molecule has 0 unspecified atom stereocenters. The summed E-state index contributed by atoms with van der Waals surface area (Å²) >= 11 is 1.45. The molecule has 3 rings (SSSR count). The van der Waals surface area contributed by atoms with Gasteiger partial charge < -0.3 is 9.47 Å². The standard InChI is InChI=1S/C13H16N4OS/c1-9-5-16(2)12(15-9)10-3-4-17(6-10)13(18)11-7-19-8-14-11/h5,7-8,10H,3-4,6H2,1-2H3/t10-/m0/s1. The molecule has 2 aromatic rings. The maximum atomic E-state index is 12.2. The van der Waals surface area contributed by atoms with E-state index >= 15 is 0 Å². The van der Waals surface area contributed by atoms with Crippen LogP contribution < -0.4 is 0 Å². The van der Waals surface area contributed by atoms with E-state index < -0.39 is 0 Å². The second-order valence-corrected chi connectivity index (χ2v) is 5.68. The Labute approximate surface area is 115 Å². The van der Waals surface area contributed by atoms with E-state index in [1.54, 1.807) is 10.9 Å². The molecule has 0 N–H and O–H groups in total. The summed E-state index contributed by atoms with van der Waals surface area (Å²) in [7, 11) is 2.01. The normalized spacial score (nSPS) is 19.1. The topological polar surface area (TPSA) is 51.0 Å². The predicted molar refractivity (Wildman–Crippen MR) is 73.3 cm³/mol. The number of nitrogens with zero attached hydrogens (tertiary/aromatic N) is 4. The van der Waals surface area contributed by atoms with Crippen molar-refractivity contribution in [1.29, 1.82) is 0 Å². The molecule has 100 valence electrons. The molecule has 1 atom stereocenters. The summed E-state index contributed by atoms with van der Waals surface area (Å²) in [5.41, 5.74) is 3.28. The Balaban J connectivity index is 1.74. The number of aromatic nitrogens is 3. The molecule has 0 radical (unpaired) electrons. The second kappa shape index (κ2) is 4.77. The fourth-order valence-electron chi connectivity index (χ4n) is 2.65. The third-order valence-electron chi connectivity index (χ3n) is 3.52. The largest absolute Gasteiger partial charge is 0.337 e. The van der Waals surface area contributed by atoms with Crippen molar-refractivity contribution in [3.8, 4) is 0 Å². The lowest BCUT2D eigenvalue weighted by Crippen LogP contribution is -2.28. The van der Waals surface area contributed by atoms with E-state index in [1.165, 1.54) is 11.3 Å². The predicted octanol–water partition coefficient (Wildman–Crippen LogP) is 1.81. The van der Waals surface area contributed by atoms with E-state index in [0.29, 0.717) is 11.6 Å². The highest BCUT2D eigenvalue weighted by Gasteiger charge is 2.30. The fourth-order valence-corrected chi connectivity index (χ4v) is 3.18. The highest BCUT2D eigenvalue weighted by molar-refractivity contribution is 7.07. The number of imidazole rings is 1. The van der Waals surface area contributed by atoms with Crippen LogP contribution in [0.4, 0.5) is 0 Å². The third-order valence-corrected chi connectivity index (χ3v) is 4.11. The van der Waals surface area contributed by atoms with Gasteiger partial charge in [0.05, 0.1) is 11.2 Å². The minimum absolute atomic E-state index is 0.0367. The number of carbonyl (C=O) groups is 1. The molecule has 1 aliphatic rings. The highest BCUT2D eigenvalue weighted by Crippen LogP contribution is 2.27. The van der Waals surface area contributed by atoms with Gasteiger partial charge >= 0.3 is 0 Å². The van der Waals surface area contributed by atoms with E-state index in [1.807, 2.05) is 25.1 Å². The zero-order valence-corrected chi connectivity index (χ0v) is 11.9. The first-order valence-electron chi connectivity index (χ1n) is 6.32. The Kier molecular flexibility index (Phi) is 3.10. The number of hydrogen-bond acceptors (Lipinski definition) is 4. The number of likely N-dealkylation sites (tertiary alicyclic amines) is 1. The number of carbonyl (C=O) groups excluding carboxylic acids is 1. The molecule has 6 heteroatoms. The molecule has 0 saturated carbocycles. The second-order valence-electron chi connectivity index (χ2n) is 4.96. The average Bonchev–Trinajstić information content (AvgIpc) is 3.08. The molecule has 0 spiro atoms. The van der Waals surface area contributed by atoms with Gasteiger partial charge in [-0.1, -0.05) is 0 Å². The summed E-state index contributed by atoms with van der Waals surface area (Å²) in [6, 6.07) is 0. The van der Waals surface area contributed by atoms with Crippen LogP contribution in [0.2, 0.25) is 0 Å². The van der Waals surface area contributed by atoms with E-state index in [9.17, 15) is 4.79 Å². The number of aryl methyl sites for hydroxylation is 2. The molecule has 0 bridgehead atoms. The molecule has 1 saturated heterocycles. The molecule has 1 aliphatic heterocycles. The summed E-state index contributed by atoms with van der Waals surface area (Å²) in [5.74, 6) is 1.45. The lowest BCUT2D eigenvalue weighted by molar-refractivity contribution is 0.0785. The van der Waals surface area contributed by atoms with Gasteiger partial charge in [0.2, 0.25) is 0 Å². The average molecular weight is 276 g/mol. The first-order valence-corrected chi connectivity index (χ1v) is 7.26. The van der Waals surface area contributed by atoms with Gasteiger partial charge in [-0.25, -0.2) is 9.97 Å². The summed E-state index contributed by atoms with van der Waals surface area (Å²) in [6.07, 6.45) is 3.00. The third kappa shape index (κ3) is 2.28. The van der Waals surface area contributed by atoms with Gasteiger partial charge in [-0.15, -0.1) is 11.3 Å². The highest BCUT2D eigenvalue weighted by atomic mass is 32.1. The first kappa shape index (κ1) is 12.3. The SMILES string of the molecule is Cc1cn(C)c([C@H]2CCN(C(=O)c3cscn3)C2)n1. The molecule has 19 heavy (non-hydrogen) atoms. The molecule has 0 aromatic carbocycles. The molecule has 2 aromatic heterocycles. The smallest absolute Gasteiger partial charge is 0.273 e. The van der Waals surface area contributed by atoms with E-state index in [0.717, 1.165) is 31.0 Å². The summed E-state index contributed by atoms with van der Waals surface area (Å²) in [5, 5.41) is 1.81. The van der Waals surface area contributed by atoms with Crippen LogP contribution in [0.15, 0.2) is 17.1 Å². The maximum absolute atomic E-state index is 12.2. The van der Waals surface area contributed by atoms with Crippen molar-refractivity contribution < 1.29 is 4.79 Å². The Hall–Kier alpha value is -1.69. The molecular formula is C13H16N4OS. The van der Waals surface area contributed by atoms with Gasteiger partial charge in [-0.3, -0.25) is 4.79 Å². The van der Waals surface area contributed by atoms with Crippen molar-refractivity contribution in [3.05, 3.63) is 34.3 Å². The lowest BCUT2D eigenvalue weighted by Gasteiger charge is -2.15. The minimum atomic E-state index is 0.0367. The number of thiazole rings is 1. The van der Waals surface area contributed by atoms with Crippen LogP contribution in [0.3, 0.4) is 0 Å². The van der Waals surface area contributed by atoms with Crippen LogP contribution in [0.25, 0.3) is 0 Å². The van der Waals surface area contributed by atoms with Crippen LogP contribution in [0, 0.1) is 6.92 Å². The van der Waals surface area contributed by atoms with Gasteiger partial charge in [0, 0.05) is 37.6 Å². The molecule has 5 nitrogen and oxygen atoms in total. The molecule has 1 amide bonds. The van der Waals surface area contributed by atoms with Crippen LogP contribution in [-0.4, -0.2) is 38.4 Å². The van der Waals surface area contributed by atoms with Crippen molar-refractivity contribution >= 4 is 17.2 Å². The van der Waals surface area contributed by atoms with Crippen LogP contribution in [-0.2, 0) is 7.05 Å². The van der Waals surface area contributed by atoms with Crippen molar-refractivity contribution in [1.82, 2.24) is 19.4 Å². The van der Waals surface area contributed by atoms with Crippen molar-refractivity contribution in [2.75, 3.05) is 13.1 Å². The first-order chi connectivity index (χ1) is 9.15. The lowest BCUT2D eigenvalue weighted by atomic mass is 10.1. The van der Waals surface area contributed by atoms with E-state index in [4.69, 9.17) is 0 Å². The van der Waals surface area contributed by atoms with Crippen molar-refractivity contribution in [2.45, 2.75) is 19.3 Å². The molecule has 0 aliphatic carbocycles. The van der Waals surface area contributed by atoms with Crippen molar-refractivity contribution in [3.63, 3.8) is 0 Å². The summed E-state index contributed by atoms with van der Waals surface area (Å²) < 4.78 is 2.07. The van der Waals surface area contributed by atoms with Crippen LogP contribution in [0.1, 0.15) is 34.3 Å². The van der Waals surface area contributed by atoms with Crippen LogP contribution >= 0.6 is 11.3 Å². The van der Waals surface area contributed by atoms with E-state index in [-0.39, 0.29) is 5.91 Å². The van der Waals surface area contributed by atoms with Gasteiger partial charge in [-0.2, -0.15) is 0 Å². The number of hydrogen-bond donors (Lipinski definition) is 0. The fraction of sp³-hybridized carbons (Fsp3) is 0.462. The van der Waals surface area contributed by atoms with Gasteiger partial charge in [0.15, 0.2) is 0 Å². The van der Waals surface area contributed by atoms with Crippen LogP contribution in [0.5, 0.6) is 0 Å². The van der Waals surface area contributed by atoms with Crippen molar-refractivity contribution in [2.24, 2.45) is 7.05 Å².